The second-order valence-corrected chi connectivity index (χ2v) is 10.0. The normalized spacial score (nSPS) is 14.7. The number of hydrogen-bond acceptors (Lipinski definition) is 5. The fourth-order valence-electron chi connectivity index (χ4n) is 4.15. The Kier molecular flexibility index (Phi) is 5.71. The van der Waals surface area contributed by atoms with E-state index in [0.717, 1.165) is 36.8 Å². The van der Waals surface area contributed by atoms with Gasteiger partial charge in [-0.2, -0.15) is 9.78 Å². The Morgan fingerprint density at radius 2 is 1.71 bits per heavy atom. The Bertz CT molecular complexity index is 1220. The van der Waals surface area contributed by atoms with Gasteiger partial charge < -0.3 is 4.74 Å². The highest BCUT2D eigenvalue weighted by molar-refractivity contribution is 7.91. The lowest BCUT2D eigenvalue weighted by Gasteiger charge is -2.14. The number of sulfone groups is 1. The van der Waals surface area contributed by atoms with Crippen LogP contribution < -0.4 is 4.74 Å². The molecule has 1 aliphatic carbocycles. The van der Waals surface area contributed by atoms with Crippen LogP contribution >= 0.6 is 0 Å². The molecule has 1 aromatic heterocycles. The topological polar surface area (TPSA) is 78.3 Å². The smallest absolute Gasteiger partial charge is 0.315 e. The summed E-state index contributed by atoms with van der Waals surface area (Å²) in [5, 5.41) is 4.50. The molecule has 4 rings (SSSR count). The van der Waals surface area contributed by atoms with Gasteiger partial charge in [-0.05, 0) is 57.4 Å². The molecule has 162 valence electrons. The van der Waals surface area contributed by atoms with Crippen molar-refractivity contribution in [2.24, 2.45) is 5.92 Å². The highest BCUT2D eigenvalue weighted by Gasteiger charge is 2.34. The maximum Gasteiger partial charge on any atom is 0.315 e. The molecule has 0 atom stereocenters. The molecule has 0 amide bonds. The molecule has 0 bridgehead atoms. The Morgan fingerprint density at radius 1 is 1.03 bits per heavy atom. The lowest BCUT2D eigenvalue weighted by atomic mass is 10.1. The lowest BCUT2D eigenvalue weighted by molar-refractivity contribution is -0.139. The van der Waals surface area contributed by atoms with Crippen LogP contribution in [0.2, 0.25) is 0 Å². The van der Waals surface area contributed by atoms with E-state index in [1.807, 2.05) is 32.0 Å². The molecule has 1 heterocycles. The standard InChI is InChI=1S/C24H26N2O4S/c1-16-13-14-21(17(2)15-16)26-23(30-24(27)19-9-7-8-10-19)22(18(3)25-26)31(28,29)20-11-5-4-6-12-20/h4-6,11-15,19H,7-10H2,1-3H3. The van der Waals surface area contributed by atoms with Gasteiger partial charge in [0.15, 0.2) is 4.90 Å². The van der Waals surface area contributed by atoms with Gasteiger partial charge in [0, 0.05) is 0 Å². The van der Waals surface area contributed by atoms with Crippen molar-refractivity contribution in [3.05, 3.63) is 65.4 Å². The van der Waals surface area contributed by atoms with Gasteiger partial charge in [-0.15, -0.1) is 0 Å². The highest BCUT2D eigenvalue weighted by Crippen LogP contribution is 2.36. The van der Waals surface area contributed by atoms with Gasteiger partial charge >= 0.3 is 5.97 Å². The largest absolute Gasteiger partial charge is 0.406 e. The average molecular weight is 439 g/mol. The highest BCUT2D eigenvalue weighted by atomic mass is 32.2. The Balaban J connectivity index is 1.90. The minimum atomic E-state index is -3.94. The fraction of sp³-hybridized carbons (Fsp3) is 0.333. The van der Waals surface area contributed by atoms with E-state index >= 15 is 0 Å². The molecule has 0 unspecified atom stereocenters. The van der Waals surface area contributed by atoms with Gasteiger partial charge in [-0.25, -0.2) is 8.42 Å². The summed E-state index contributed by atoms with van der Waals surface area (Å²) in [6.45, 7) is 5.54. The monoisotopic (exact) mass is 438 g/mol. The summed E-state index contributed by atoms with van der Waals surface area (Å²) in [5.41, 5.74) is 2.95. The van der Waals surface area contributed by atoms with Gasteiger partial charge in [0.25, 0.3) is 0 Å². The first-order chi connectivity index (χ1) is 14.8. The maximum absolute atomic E-state index is 13.5. The van der Waals surface area contributed by atoms with Crippen LogP contribution in [0.5, 0.6) is 5.88 Å². The molecule has 6 nitrogen and oxygen atoms in total. The Labute approximate surface area is 182 Å². The van der Waals surface area contributed by atoms with Crippen LogP contribution in [-0.2, 0) is 14.6 Å². The van der Waals surface area contributed by atoms with Crippen LogP contribution in [0.1, 0.15) is 42.5 Å². The summed E-state index contributed by atoms with van der Waals surface area (Å²) >= 11 is 0. The number of carbonyl (C=O) groups excluding carboxylic acids is 1. The number of carbonyl (C=O) groups is 1. The SMILES string of the molecule is Cc1ccc(-n2nc(C)c(S(=O)(=O)c3ccccc3)c2OC(=O)C2CCCC2)c(C)c1. The van der Waals surface area contributed by atoms with E-state index in [1.54, 1.807) is 25.1 Å². The first kappa shape index (κ1) is 21.3. The van der Waals surface area contributed by atoms with Gasteiger partial charge in [0.2, 0.25) is 15.7 Å². The molecule has 2 aromatic carbocycles. The molecule has 0 spiro atoms. The number of aromatic nitrogens is 2. The molecule has 7 heteroatoms. The molecule has 0 radical (unpaired) electrons. The molecule has 0 saturated heterocycles. The van der Waals surface area contributed by atoms with Crippen LogP contribution in [0, 0.1) is 26.7 Å². The van der Waals surface area contributed by atoms with E-state index < -0.39 is 15.8 Å². The number of ether oxygens (including phenoxy) is 1. The van der Waals surface area contributed by atoms with Crippen molar-refractivity contribution >= 4 is 15.8 Å². The molecule has 1 aliphatic rings. The predicted octanol–water partition coefficient (Wildman–Crippen LogP) is 4.73. The minimum absolute atomic E-state index is 0.0368. The molecule has 31 heavy (non-hydrogen) atoms. The fourth-order valence-corrected chi connectivity index (χ4v) is 5.69. The quantitative estimate of drug-likeness (QED) is 0.538. The number of nitrogens with zero attached hydrogens (tertiary/aromatic N) is 2. The van der Waals surface area contributed by atoms with Gasteiger partial charge in [0.1, 0.15) is 0 Å². The van der Waals surface area contributed by atoms with Crippen molar-refractivity contribution in [2.75, 3.05) is 0 Å². The van der Waals surface area contributed by atoms with E-state index in [9.17, 15) is 13.2 Å². The van der Waals surface area contributed by atoms with Crippen molar-refractivity contribution in [3.63, 3.8) is 0 Å². The van der Waals surface area contributed by atoms with E-state index in [-0.39, 0.29) is 27.3 Å². The average Bonchev–Trinajstić information content (AvgIpc) is 3.37. The van der Waals surface area contributed by atoms with Crippen molar-refractivity contribution in [1.82, 2.24) is 9.78 Å². The third-order valence-corrected chi connectivity index (χ3v) is 7.65. The molecule has 1 saturated carbocycles. The first-order valence-corrected chi connectivity index (χ1v) is 12.0. The van der Waals surface area contributed by atoms with Crippen LogP contribution in [-0.4, -0.2) is 24.2 Å². The zero-order valence-corrected chi connectivity index (χ0v) is 18.8. The van der Waals surface area contributed by atoms with Gasteiger partial charge in [-0.1, -0.05) is 48.7 Å². The zero-order chi connectivity index (χ0) is 22.2. The van der Waals surface area contributed by atoms with Crippen LogP contribution in [0.15, 0.2) is 58.3 Å². The Hall–Kier alpha value is -2.93. The molecule has 1 fully saturated rings. The molecule has 0 N–H and O–H groups in total. The van der Waals surface area contributed by atoms with Crippen molar-refractivity contribution < 1.29 is 17.9 Å². The molecular formula is C24H26N2O4S. The van der Waals surface area contributed by atoms with Crippen molar-refractivity contribution in [3.8, 4) is 11.6 Å². The lowest BCUT2D eigenvalue weighted by Crippen LogP contribution is -2.20. The summed E-state index contributed by atoms with van der Waals surface area (Å²) in [7, 11) is -3.94. The molecule has 3 aromatic rings. The summed E-state index contributed by atoms with van der Waals surface area (Å²) < 4.78 is 34.3. The summed E-state index contributed by atoms with van der Waals surface area (Å²) in [5.74, 6) is -0.645. The second kappa shape index (κ2) is 8.30. The predicted molar refractivity (Wildman–Crippen MR) is 117 cm³/mol. The van der Waals surface area contributed by atoms with E-state index in [2.05, 4.69) is 5.10 Å². The van der Waals surface area contributed by atoms with Crippen LogP contribution in [0.4, 0.5) is 0 Å². The van der Waals surface area contributed by atoms with Crippen LogP contribution in [0.3, 0.4) is 0 Å². The second-order valence-electron chi connectivity index (χ2n) is 8.14. The van der Waals surface area contributed by atoms with Crippen molar-refractivity contribution in [1.29, 1.82) is 0 Å². The first-order valence-electron chi connectivity index (χ1n) is 10.5. The third-order valence-electron chi connectivity index (χ3n) is 5.75. The van der Waals surface area contributed by atoms with E-state index in [0.29, 0.717) is 5.69 Å². The van der Waals surface area contributed by atoms with E-state index in [1.165, 1.54) is 16.8 Å². The summed E-state index contributed by atoms with van der Waals surface area (Å²) in [6.07, 6.45) is 3.47. The minimum Gasteiger partial charge on any atom is -0.406 e. The summed E-state index contributed by atoms with van der Waals surface area (Å²) in [4.78, 5) is 13.0. The number of hydrogen-bond donors (Lipinski definition) is 0. The number of esters is 1. The number of rotatable bonds is 5. The number of benzene rings is 2. The van der Waals surface area contributed by atoms with E-state index in [4.69, 9.17) is 4.74 Å². The zero-order valence-electron chi connectivity index (χ0n) is 18.0. The van der Waals surface area contributed by atoms with Gasteiger partial charge in [-0.3, -0.25) is 4.79 Å². The molecule has 0 aliphatic heterocycles. The van der Waals surface area contributed by atoms with Crippen molar-refractivity contribution in [2.45, 2.75) is 56.2 Å². The third kappa shape index (κ3) is 4.02. The number of aryl methyl sites for hydroxylation is 3. The van der Waals surface area contributed by atoms with Crippen LogP contribution in [0.25, 0.3) is 5.69 Å². The summed E-state index contributed by atoms with van der Waals surface area (Å²) in [6, 6.07) is 13.9. The molecular weight excluding hydrogens is 412 g/mol. The van der Waals surface area contributed by atoms with Gasteiger partial charge in [0.05, 0.1) is 22.2 Å². The Morgan fingerprint density at radius 3 is 2.35 bits per heavy atom. The maximum atomic E-state index is 13.5.